The van der Waals surface area contributed by atoms with Gasteiger partial charge < -0.3 is 0 Å². The molecular formula is C25H20ClN5O3S. The number of sulfonamides is 1. The molecule has 8 nitrogen and oxygen atoms in total. The minimum absolute atomic E-state index is 0.0195. The van der Waals surface area contributed by atoms with Gasteiger partial charge in [0.2, 0.25) is 10.0 Å². The summed E-state index contributed by atoms with van der Waals surface area (Å²) >= 11 is 5.87. The molecule has 0 bridgehead atoms. The second-order valence-corrected chi connectivity index (χ2v) is 10.4. The maximum Gasteiger partial charge on any atom is 0.216 e. The lowest BCUT2D eigenvalue weighted by Crippen LogP contribution is -2.25. The van der Waals surface area contributed by atoms with Crippen molar-refractivity contribution in [3.05, 3.63) is 99.8 Å². The van der Waals surface area contributed by atoms with Gasteiger partial charge in [0.1, 0.15) is 5.15 Å². The third kappa shape index (κ3) is 5.07. The summed E-state index contributed by atoms with van der Waals surface area (Å²) in [6.45, 7) is 0.0195. The molecule has 0 saturated heterocycles. The van der Waals surface area contributed by atoms with E-state index in [1.54, 1.807) is 65.6 Å². The van der Waals surface area contributed by atoms with E-state index in [-0.39, 0.29) is 17.7 Å². The van der Waals surface area contributed by atoms with Crippen LogP contribution in [0.25, 0.3) is 32.8 Å². The highest BCUT2D eigenvalue weighted by Crippen LogP contribution is 2.22. The number of rotatable bonds is 6. The summed E-state index contributed by atoms with van der Waals surface area (Å²) in [4.78, 5) is 22.1. The third-order valence-corrected chi connectivity index (χ3v) is 7.10. The van der Waals surface area contributed by atoms with Gasteiger partial charge in [-0.3, -0.25) is 14.5 Å². The van der Waals surface area contributed by atoms with Crippen LogP contribution in [-0.2, 0) is 29.4 Å². The van der Waals surface area contributed by atoms with Crippen LogP contribution < -0.4 is 10.2 Å². The molecule has 0 fully saturated rings. The van der Waals surface area contributed by atoms with Gasteiger partial charge in [0.15, 0.2) is 5.43 Å². The number of benzene rings is 1. The van der Waals surface area contributed by atoms with Crippen molar-refractivity contribution in [2.24, 2.45) is 7.05 Å². The van der Waals surface area contributed by atoms with E-state index in [0.717, 1.165) is 11.1 Å². The zero-order chi connectivity index (χ0) is 24.6. The lowest BCUT2D eigenvalue weighted by Gasteiger charge is -2.07. The molecule has 2 aromatic carbocycles. The summed E-state index contributed by atoms with van der Waals surface area (Å²) in [5.41, 5.74) is 2.98. The number of pyridine rings is 2. The van der Waals surface area contributed by atoms with Crippen molar-refractivity contribution in [1.29, 1.82) is 0 Å². The first-order valence-electron chi connectivity index (χ1n) is 10.7. The number of nitrogens with one attached hydrogen (secondary N) is 1. The van der Waals surface area contributed by atoms with E-state index < -0.39 is 10.0 Å². The number of fused-ring (bicyclic) bond motifs is 2. The molecule has 10 heteroatoms. The second-order valence-electron chi connectivity index (χ2n) is 8.18. The highest BCUT2D eigenvalue weighted by Gasteiger charge is 2.14. The molecule has 3 heterocycles. The van der Waals surface area contributed by atoms with E-state index in [1.165, 1.54) is 0 Å². The molecule has 0 radical (unpaired) electrons. The molecule has 0 aliphatic carbocycles. The van der Waals surface area contributed by atoms with Crippen LogP contribution in [0.15, 0.2) is 78.0 Å². The largest absolute Gasteiger partial charge is 0.289 e. The standard InChI is InChI=1S/C25H20ClN5O3S/c1-31-14-19(12-28-31)18-10-22-23(27-11-18)8-7-17-6-5-16(9-21(17)25(22)32)15-35(33,34)29-13-20-3-2-4-24(26)30-20/h2-12,14,29H,13,15H2,1H3. The van der Waals surface area contributed by atoms with E-state index in [0.29, 0.717) is 38.1 Å². The molecule has 0 amide bonds. The van der Waals surface area contributed by atoms with Crippen LogP contribution in [0.5, 0.6) is 0 Å². The van der Waals surface area contributed by atoms with Crippen molar-refractivity contribution in [2.45, 2.75) is 12.3 Å². The van der Waals surface area contributed by atoms with Crippen molar-refractivity contribution < 1.29 is 8.42 Å². The normalized spacial score (nSPS) is 11.8. The Kier molecular flexibility index (Phi) is 6.06. The van der Waals surface area contributed by atoms with Crippen LogP contribution in [0.3, 0.4) is 0 Å². The fraction of sp³-hybridized carbons (Fsp3) is 0.120. The highest BCUT2D eigenvalue weighted by molar-refractivity contribution is 7.88. The first-order valence-corrected chi connectivity index (χ1v) is 12.7. The molecule has 3 aromatic heterocycles. The van der Waals surface area contributed by atoms with Gasteiger partial charge in [-0.25, -0.2) is 18.1 Å². The fourth-order valence-electron chi connectivity index (χ4n) is 3.87. The number of aryl methyl sites for hydroxylation is 1. The Hall–Kier alpha value is -3.66. The van der Waals surface area contributed by atoms with Crippen LogP contribution in [0.2, 0.25) is 5.15 Å². The lowest BCUT2D eigenvalue weighted by molar-refractivity contribution is 0.579. The van der Waals surface area contributed by atoms with E-state index in [4.69, 9.17) is 11.6 Å². The highest BCUT2D eigenvalue weighted by atomic mass is 35.5. The van der Waals surface area contributed by atoms with Crippen LogP contribution in [0.1, 0.15) is 11.3 Å². The summed E-state index contributed by atoms with van der Waals surface area (Å²) in [6, 6.07) is 15.5. The molecule has 0 atom stereocenters. The lowest BCUT2D eigenvalue weighted by atomic mass is 10.1. The average Bonchev–Trinajstić information content (AvgIpc) is 3.22. The Bertz CT molecular complexity index is 1750. The minimum atomic E-state index is -3.68. The summed E-state index contributed by atoms with van der Waals surface area (Å²) in [5, 5.41) is 6.05. The Morgan fingerprint density at radius 3 is 2.60 bits per heavy atom. The van der Waals surface area contributed by atoms with Crippen LogP contribution >= 0.6 is 11.6 Å². The van der Waals surface area contributed by atoms with Crippen molar-refractivity contribution in [1.82, 2.24) is 24.5 Å². The van der Waals surface area contributed by atoms with Gasteiger partial charge in [-0.2, -0.15) is 5.10 Å². The van der Waals surface area contributed by atoms with E-state index in [2.05, 4.69) is 19.8 Å². The fourth-order valence-corrected chi connectivity index (χ4v) is 5.14. The van der Waals surface area contributed by atoms with Crippen LogP contribution in [0.4, 0.5) is 0 Å². The van der Waals surface area contributed by atoms with Crippen LogP contribution in [0, 0.1) is 0 Å². The number of hydrogen-bond donors (Lipinski definition) is 1. The van der Waals surface area contributed by atoms with Crippen molar-refractivity contribution in [3.8, 4) is 11.1 Å². The number of nitrogens with zero attached hydrogens (tertiary/aromatic N) is 4. The van der Waals surface area contributed by atoms with Gasteiger partial charge in [0, 0.05) is 41.3 Å². The molecular weight excluding hydrogens is 486 g/mol. The predicted octanol–water partition coefficient (Wildman–Crippen LogP) is 3.82. The maximum absolute atomic E-state index is 13.5. The molecule has 5 rings (SSSR count). The summed E-state index contributed by atoms with van der Waals surface area (Å²) in [5.74, 6) is -0.279. The second kappa shape index (κ2) is 9.18. The zero-order valence-electron chi connectivity index (χ0n) is 18.6. The maximum atomic E-state index is 13.5. The van der Waals surface area contributed by atoms with E-state index in [1.807, 2.05) is 19.3 Å². The Labute approximate surface area is 206 Å². The topological polar surface area (TPSA) is 107 Å². The van der Waals surface area contributed by atoms with Crippen LogP contribution in [-0.4, -0.2) is 28.2 Å². The summed E-state index contributed by atoms with van der Waals surface area (Å²) in [6.07, 6.45) is 5.27. The Balaban J connectivity index is 1.50. The van der Waals surface area contributed by atoms with Gasteiger partial charge in [0.05, 0.1) is 29.7 Å². The van der Waals surface area contributed by atoms with Gasteiger partial charge in [-0.1, -0.05) is 35.9 Å². The molecule has 0 aliphatic heterocycles. The van der Waals surface area contributed by atoms with E-state index in [9.17, 15) is 13.2 Å². The molecule has 35 heavy (non-hydrogen) atoms. The number of aromatic nitrogens is 4. The van der Waals surface area contributed by atoms with E-state index >= 15 is 0 Å². The summed E-state index contributed by atoms with van der Waals surface area (Å²) < 4.78 is 29.6. The summed E-state index contributed by atoms with van der Waals surface area (Å²) in [7, 11) is -1.86. The minimum Gasteiger partial charge on any atom is -0.289 e. The van der Waals surface area contributed by atoms with Gasteiger partial charge in [-0.05, 0) is 41.3 Å². The first-order chi connectivity index (χ1) is 16.8. The van der Waals surface area contributed by atoms with Crippen molar-refractivity contribution >= 4 is 43.3 Å². The van der Waals surface area contributed by atoms with Gasteiger partial charge in [0.25, 0.3) is 0 Å². The third-order valence-electron chi connectivity index (χ3n) is 5.59. The molecule has 0 aliphatic rings. The average molecular weight is 506 g/mol. The first kappa shape index (κ1) is 23.1. The zero-order valence-corrected chi connectivity index (χ0v) is 20.2. The predicted molar refractivity (Wildman–Crippen MR) is 136 cm³/mol. The Morgan fingerprint density at radius 2 is 1.83 bits per heavy atom. The monoisotopic (exact) mass is 505 g/mol. The Morgan fingerprint density at radius 1 is 1.00 bits per heavy atom. The van der Waals surface area contributed by atoms with Gasteiger partial charge in [-0.15, -0.1) is 0 Å². The quantitative estimate of drug-likeness (QED) is 0.352. The van der Waals surface area contributed by atoms with Gasteiger partial charge >= 0.3 is 0 Å². The van der Waals surface area contributed by atoms with Crippen molar-refractivity contribution in [2.75, 3.05) is 0 Å². The molecule has 1 N–H and O–H groups in total. The molecule has 0 saturated carbocycles. The molecule has 5 aromatic rings. The van der Waals surface area contributed by atoms with Crippen molar-refractivity contribution in [3.63, 3.8) is 0 Å². The molecule has 0 spiro atoms. The smallest absolute Gasteiger partial charge is 0.216 e. The molecule has 0 unspecified atom stereocenters. The number of hydrogen-bond acceptors (Lipinski definition) is 6. The molecule has 176 valence electrons. The SMILES string of the molecule is Cn1cc(-c2cnc3ccc4ccc(CS(=O)(=O)NCc5cccc(Cl)n5)cc4c(=O)c3c2)cn1. The number of halogens is 1.